The van der Waals surface area contributed by atoms with E-state index in [1.165, 1.54) is 12.1 Å². The molecule has 0 bridgehead atoms. The van der Waals surface area contributed by atoms with Crippen LogP contribution in [0.15, 0.2) is 47.4 Å². The maximum atomic E-state index is 16.2. The van der Waals surface area contributed by atoms with Gasteiger partial charge in [-0.2, -0.15) is 30.4 Å². The number of alkyl halides is 4. The average molecular weight is 680 g/mol. The molecule has 16 heteroatoms. The Kier molecular flexibility index (Phi) is 7.90. The average Bonchev–Trinajstić information content (AvgIpc) is 3.37. The summed E-state index contributed by atoms with van der Waals surface area (Å²) in [6.07, 6.45) is -4.26. The van der Waals surface area contributed by atoms with Gasteiger partial charge in [-0.25, -0.2) is 22.4 Å². The van der Waals surface area contributed by atoms with Crippen LogP contribution in [0.2, 0.25) is 0 Å². The lowest BCUT2D eigenvalue weighted by Gasteiger charge is -2.45. The highest BCUT2D eigenvalue weighted by Crippen LogP contribution is 2.46. The summed E-state index contributed by atoms with van der Waals surface area (Å²) < 4.78 is 161. The van der Waals surface area contributed by atoms with Gasteiger partial charge in [-0.3, -0.25) is 0 Å². The summed E-state index contributed by atoms with van der Waals surface area (Å²) in [4.78, 5) is 12.6. The first-order valence-electron chi connectivity index (χ1n) is 13.3. The zero-order valence-electron chi connectivity index (χ0n) is 24.0. The van der Waals surface area contributed by atoms with Gasteiger partial charge in [-0.05, 0) is 73.7 Å². The molecule has 0 N–H and O–H groups in total. The Morgan fingerprint density at radius 2 is 1.41 bits per heavy atom. The van der Waals surface area contributed by atoms with Gasteiger partial charge >= 0.3 is 22.4 Å². The normalized spacial score (nSPS) is 16.1. The number of carbonyl (C=O) groups is 1. The lowest BCUT2D eigenvalue weighted by atomic mass is 9.81. The zero-order valence-corrected chi connectivity index (χ0v) is 24.8. The fourth-order valence-corrected chi connectivity index (χ4v) is 6.04. The summed E-state index contributed by atoms with van der Waals surface area (Å²) in [7, 11) is -5.18. The molecule has 0 spiro atoms. The Labute approximate surface area is 256 Å². The number of amides is 1. The minimum Gasteiger partial charge on any atom is -0.444 e. The number of nitrogens with zero attached hydrogens (tertiary/aromatic N) is 1. The maximum absolute atomic E-state index is 16.2. The van der Waals surface area contributed by atoms with Crippen LogP contribution in [0.1, 0.15) is 48.6 Å². The molecule has 3 aromatic carbocycles. The molecule has 6 nitrogen and oxygen atoms in total. The molecule has 0 unspecified atom stereocenters. The number of ether oxygens (including phenoxy) is 1. The Bertz CT molecular complexity index is 1880. The molecular weight excluding hydrogens is 657 g/mol. The number of likely N-dealkylation sites (tertiary alicyclic amines) is 1. The molecule has 5 rings (SSSR count). The number of fused-ring (bicyclic) bond motifs is 1. The fraction of sp³-hybridized carbons (Fsp3) is 0.300. The maximum Gasteiger partial charge on any atom is 0.416 e. The molecule has 246 valence electrons. The molecular formula is C30H22F9NO5S. The molecule has 1 aliphatic heterocycles. The van der Waals surface area contributed by atoms with Gasteiger partial charge in [0.15, 0.2) is 5.67 Å². The van der Waals surface area contributed by atoms with E-state index in [0.717, 1.165) is 29.2 Å². The minimum atomic E-state index is -5.18. The lowest BCUT2D eigenvalue weighted by Crippen LogP contribution is -2.60. The molecule has 1 amide bonds. The van der Waals surface area contributed by atoms with Gasteiger partial charge < -0.3 is 13.8 Å². The summed E-state index contributed by atoms with van der Waals surface area (Å²) >= 11 is 0. The van der Waals surface area contributed by atoms with E-state index in [1.54, 1.807) is 20.8 Å². The number of hydrogen-bond acceptors (Lipinski definition) is 5. The second kappa shape index (κ2) is 11.0. The van der Waals surface area contributed by atoms with Crippen LogP contribution in [-0.4, -0.2) is 38.1 Å². The third-order valence-corrected chi connectivity index (χ3v) is 8.42. The molecule has 3 aromatic rings. The smallest absolute Gasteiger partial charge is 0.416 e. The number of benzene rings is 3. The molecule has 1 saturated heterocycles. The van der Waals surface area contributed by atoms with Crippen LogP contribution in [0.4, 0.5) is 44.3 Å². The van der Waals surface area contributed by atoms with Crippen LogP contribution in [-0.2, 0) is 33.1 Å². The van der Waals surface area contributed by atoms with Crippen LogP contribution in [0, 0.1) is 29.1 Å². The summed E-state index contributed by atoms with van der Waals surface area (Å²) in [5.74, 6) is -14.4. The van der Waals surface area contributed by atoms with Gasteiger partial charge in [0.05, 0.1) is 18.7 Å². The van der Waals surface area contributed by atoms with Crippen molar-refractivity contribution in [2.24, 2.45) is 0 Å². The Morgan fingerprint density at radius 1 is 0.848 bits per heavy atom. The first kappa shape index (κ1) is 33.2. The van der Waals surface area contributed by atoms with Crippen LogP contribution >= 0.6 is 0 Å². The second-order valence-electron chi connectivity index (χ2n) is 11.6. The monoisotopic (exact) mass is 679 g/mol. The summed E-state index contributed by atoms with van der Waals surface area (Å²) in [5.41, 5.74) is -4.15. The van der Waals surface area contributed by atoms with Gasteiger partial charge in [0.2, 0.25) is 34.8 Å². The minimum absolute atomic E-state index is 0.0198. The van der Waals surface area contributed by atoms with E-state index < -0.39 is 92.0 Å². The molecule has 2 aliphatic rings. The predicted octanol–water partition coefficient (Wildman–Crippen LogP) is 7.57. The first-order valence-corrected chi connectivity index (χ1v) is 14.7. The van der Waals surface area contributed by atoms with Crippen molar-refractivity contribution >= 4 is 21.8 Å². The quantitative estimate of drug-likeness (QED) is 0.120. The molecule has 0 aromatic heterocycles. The Morgan fingerprint density at radius 3 is 1.98 bits per heavy atom. The largest absolute Gasteiger partial charge is 0.444 e. The Hall–Kier alpha value is -4.21. The van der Waals surface area contributed by atoms with E-state index >= 15 is 4.39 Å². The van der Waals surface area contributed by atoms with Gasteiger partial charge in [0, 0.05) is 5.56 Å². The van der Waals surface area contributed by atoms with Crippen molar-refractivity contribution in [2.45, 2.75) is 49.5 Å². The van der Waals surface area contributed by atoms with Gasteiger partial charge in [-0.15, -0.1) is 0 Å². The van der Waals surface area contributed by atoms with Gasteiger partial charge in [0.25, 0.3) is 0 Å². The van der Waals surface area contributed by atoms with Crippen LogP contribution in [0.3, 0.4) is 0 Å². The molecule has 1 heterocycles. The highest BCUT2D eigenvalue weighted by atomic mass is 32.2. The number of hydrogen-bond donors (Lipinski definition) is 0. The summed E-state index contributed by atoms with van der Waals surface area (Å²) in [5, 5.41) is 0. The number of rotatable bonds is 5. The van der Waals surface area contributed by atoms with Crippen LogP contribution in [0.5, 0.6) is 5.75 Å². The van der Waals surface area contributed by atoms with E-state index in [1.807, 2.05) is 0 Å². The van der Waals surface area contributed by atoms with Crippen molar-refractivity contribution in [3.8, 4) is 5.75 Å². The Balaban J connectivity index is 1.48. The lowest BCUT2D eigenvalue weighted by molar-refractivity contribution is -0.137. The molecule has 1 aliphatic carbocycles. The highest BCUT2D eigenvalue weighted by Gasteiger charge is 2.50. The first-order chi connectivity index (χ1) is 21.1. The number of allylic oxidation sites excluding steroid dienone is 1. The standard InChI is InChI=1S/C30H22F9NO5S/c1-28(2,3)44-27(41)40-12-29(36,13-40)20-11-15(30(37,38)39)5-8-19(20)18-7-4-14-10-16(6-9-17(14)18)46(42,43)45-26-24(34)22(32)21(31)23(33)25(26)35/h5-11H,4,12-13H2,1-3H3. The van der Waals surface area contributed by atoms with Crippen molar-refractivity contribution in [2.75, 3.05) is 13.1 Å². The van der Waals surface area contributed by atoms with Crippen molar-refractivity contribution in [1.82, 2.24) is 4.90 Å². The van der Waals surface area contributed by atoms with E-state index in [4.69, 9.17) is 4.74 Å². The van der Waals surface area contributed by atoms with E-state index in [0.29, 0.717) is 6.07 Å². The molecule has 1 fully saturated rings. The third kappa shape index (κ3) is 5.89. The van der Waals surface area contributed by atoms with Crippen molar-refractivity contribution in [3.05, 3.63) is 99.4 Å². The van der Waals surface area contributed by atoms with Crippen LogP contribution in [0.25, 0.3) is 5.57 Å². The topological polar surface area (TPSA) is 72.9 Å². The zero-order chi connectivity index (χ0) is 34.1. The summed E-state index contributed by atoms with van der Waals surface area (Å²) in [6.45, 7) is 3.54. The van der Waals surface area contributed by atoms with Crippen molar-refractivity contribution in [3.63, 3.8) is 0 Å². The second-order valence-corrected chi connectivity index (χ2v) is 13.2. The highest BCUT2D eigenvalue weighted by molar-refractivity contribution is 7.87. The van der Waals surface area contributed by atoms with Crippen LogP contribution < -0.4 is 4.18 Å². The fourth-order valence-electron chi connectivity index (χ4n) is 5.06. The summed E-state index contributed by atoms with van der Waals surface area (Å²) in [6, 6.07) is 5.45. The number of halogens is 9. The van der Waals surface area contributed by atoms with E-state index in [-0.39, 0.29) is 34.2 Å². The molecule has 0 radical (unpaired) electrons. The van der Waals surface area contributed by atoms with E-state index in [2.05, 4.69) is 4.18 Å². The third-order valence-electron chi connectivity index (χ3n) is 7.20. The van der Waals surface area contributed by atoms with E-state index in [9.17, 15) is 48.3 Å². The predicted molar refractivity (Wildman–Crippen MR) is 143 cm³/mol. The molecule has 0 saturated carbocycles. The van der Waals surface area contributed by atoms with Crippen molar-refractivity contribution < 1.29 is 61.6 Å². The number of carbonyl (C=O) groups excluding carboxylic acids is 1. The van der Waals surface area contributed by atoms with Crippen molar-refractivity contribution in [1.29, 1.82) is 0 Å². The molecule has 46 heavy (non-hydrogen) atoms. The van der Waals surface area contributed by atoms with Gasteiger partial charge in [0.1, 0.15) is 10.5 Å². The van der Waals surface area contributed by atoms with Gasteiger partial charge in [-0.1, -0.05) is 18.2 Å². The molecule has 0 atom stereocenters. The SMILES string of the molecule is CC(C)(C)OC(=O)N1CC(F)(c2cc(C(F)(F)F)ccc2C2=CCc3cc(S(=O)(=O)Oc4c(F)c(F)c(F)c(F)c4F)ccc32)C1.